The van der Waals surface area contributed by atoms with E-state index in [1.807, 2.05) is 19.1 Å². The zero-order valence-electron chi connectivity index (χ0n) is 17.7. The standard InChI is InChI=1S/C23H18N8O.H2S/c1-16(13-31-15-26-14-29-31)32-22-8-17(6-7-19(22)10-25)20-11-27-23(28-12-20)30-21-5-3-2-4-18(21)9-24;/h2-8,11-12,14-16H,13H2,1H3,(H,27,28,30);1H2/t16-;/m0./s1. The van der Waals surface area contributed by atoms with Crippen molar-refractivity contribution in [2.75, 3.05) is 5.32 Å². The van der Waals surface area contributed by atoms with Crippen LogP contribution in [0.1, 0.15) is 18.1 Å². The molecule has 2 heterocycles. The Hall–Kier alpha value is -4.41. The first kappa shape index (κ1) is 23.3. The van der Waals surface area contributed by atoms with Gasteiger partial charge in [-0.3, -0.25) is 0 Å². The average Bonchev–Trinajstić information content (AvgIpc) is 3.33. The molecule has 4 rings (SSSR count). The topological polar surface area (TPSA) is 125 Å². The smallest absolute Gasteiger partial charge is 0.227 e. The summed E-state index contributed by atoms with van der Waals surface area (Å²) < 4.78 is 7.68. The fourth-order valence-corrected chi connectivity index (χ4v) is 3.09. The Morgan fingerprint density at radius 3 is 2.48 bits per heavy atom. The van der Waals surface area contributed by atoms with Gasteiger partial charge >= 0.3 is 0 Å². The van der Waals surface area contributed by atoms with Crippen LogP contribution in [0.5, 0.6) is 5.75 Å². The average molecular weight is 457 g/mol. The highest BCUT2D eigenvalue weighted by Gasteiger charge is 2.12. The van der Waals surface area contributed by atoms with Crippen molar-refractivity contribution in [2.45, 2.75) is 19.6 Å². The summed E-state index contributed by atoms with van der Waals surface area (Å²) in [6.07, 6.45) is 6.21. The molecule has 0 aliphatic rings. The van der Waals surface area contributed by atoms with Crippen LogP contribution in [-0.4, -0.2) is 30.8 Å². The minimum absolute atomic E-state index is 0. The maximum atomic E-state index is 9.46. The lowest BCUT2D eigenvalue weighted by Gasteiger charge is -2.16. The van der Waals surface area contributed by atoms with E-state index in [4.69, 9.17) is 4.74 Å². The Balaban J connectivity index is 0.00000306. The monoisotopic (exact) mass is 456 g/mol. The Kier molecular flexibility index (Phi) is 7.58. The van der Waals surface area contributed by atoms with Crippen LogP contribution in [0.4, 0.5) is 11.6 Å². The highest BCUT2D eigenvalue weighted by Crippen LogP contribution is 2.28. The number of anilines is 2. The molecule has 0 saturated heterocycles. The van der Waals surface area contributed by atoms with Crippen LogP contribution in [0.25, 0.3) is 11.1 Å². The molecule has 0 radical (unpaired) electrons. The van der Waals surface area contributed by atoms with E-state index in [1.165, 1.54) is 6.33 Å². The lowest BCUT2D eigenvalue weighted by molar-refractivity contribution is 0.193. The van der Waals surface area contributed by atoms with E-state index in [0.717, 1.165) is 11.1 Å². The van der Waals surface area contributed by atoms with Crippen molar-refractivity contribution >= 4 is 25.1 Å². The van der Waals surface area contributed by atoms with E-state index in [9.17, 15) is 10.5 Å². The maximum Gasteiger partial charge on any atom is 0.227 e. The Bertz CT molecular complexity index is 1290. The number of hydrogen-bond acceptors (Lipinski definition) is 8. The number of benzene rings is 2. The van der Waals surface area contributed by atoms with Crippen molar-refractivity contribution in [1.29, 1.82) is 10.5 Å². The van der Waals surface area contributed by atoms with Gasteiger partial charge in [-0.1, -0.05) is 18.2 Å². The summed E-state index contributed by atoms with van der Waals surface area (Å²) in [6.45, 7) is 2.40. The van der Waals surface area contributed by atoms with Gasteiger partial charge in [-0.05, 0) is 36.8 Å². The van der Waals surface area contributed by atoms with Crippen LogP contribution < -0.4 is 10.1 Å². The van der Waals surface area contributed by atoms with Crippen LogP contribution in [0, 0.1) is 22.7 Å². The summed E-state index contributed by atoms with van der Waals surface area (Å²) in [5.41, 5.74) is 3.16. The Morgan fingerprint density at radius 2 is 1.79 bits per heavy atom. The third kappa shape index (κ3) is 5.64. The summed E-state index contributed by atoms with van der Waals surface area (Å²) in [4.78, 5) is 12.6. The molecule has 2 aromatic carbocycles. The SMILES string of the molecule is C[C@@H](Cn1cncn1)Oc1cc(-c2cnc(Nc3ccccc3C#N)nc2)ccc1C#N.S. The van der Waals surface area contributed by atoms with Gasteiger partial charge in [-0.2, -0.15) is 29.1 Å². The van der Waals surface area contributed by atoms with E-state index in [1.54, 1.807) is 53.7 Å². The molecule has 10 heteroatoms. The Morgan fingerprint density at radius 1 is 1.03 bits per heavy atom. The summed E-state index contributed by atoms with van der Waals surface area (Å²) >= 11 is 0. The van der Waals surface area contributed by atoms with Crippen molar-refractivity contribution in [1.82, 2.24) is 24.7 Å². The fourth-order valence-electron chi connectivity index (χ4n) is 3.09. The minimum Gasteiger partial charge on any atom is -0.487 e. The van der Waals surface area contributed by atoms with Gasteiger partial charge in [0.1, 0.15) is 36.6 Å². The first-order valence-corrected chi connectivity index (χ1v) is 9.78. The number of nitriles is 2. The largest absolute Gasteiger partial charge is 0.487 e. The second-order valence-corrected chi connectivity index (χ2v) is 6.95. The number of nitrogens with zero attached hydrogens (tertiary/aromatic N) is 7. The van der Waals surface area contributed by atoms with Gasteiger partial charge in [0.25, 0.3) is 0 Å². The lowest BCUT2D eigenvalue weighted by atomic mass is 10.1. The summed E-state index contributed by atoms with van der Waals surface area (Å²) in [5.74, 6) is 0.853. The first-order valence-electron chi connectivity index (χ1n) is 9.78. The number of hydrogen-bond donors (Lipinski definition) is 1. The van der Waals surface area contributed by atoms with Crippen molar-refractivity contribution in [3.8, 4) is 29.0 Å². The molecule has 4 aromatic rings. The van der Waals surface area contributed by atoms with Crippen LogP contribution in [-0.2, 0) is 6.54 Å². The van der Waals surface area contributed by atoms with Crippen molar-refractivity contribution in [3.63, 3.8) is 0 Å². The van der Waals surface area contributed by atoms with Crippen LogP contribution in [0.15, 0.2) is 67.5 Å². The number of para-hydroxylation sites is 1. The van der Waals surface area contributed by atoms with E-state index in [-0.39, 0.29) is 19.6 Å². The molecule has 0 fully saturated rings. The van der Waals surface area contributed by atoms with Crippen molar-refractivity contribution in [3.05, 3.63) is 78.6 Å². The number of nitrogens with one attached hydrogen (secondary N) is 1. The summed E-state index contributed by atoms with van der Waals surface area (Å²) in [7, 11) is 0. The van der Waals surface area contributed by atoms with Gasteiger partial charge < -0.3 is 10.1 Å². The highest BCUT2D eigenvalue weighted by atomic mass is 32.1. The molecule has 1 N–H and O–H groups in total. The molecule has 0 amide bonds. The Labute approximate surface area is 197 Å². The van der Waals surface area contributed by atoms with Gasteiger partial charge in [-0.25, -0.2) is 19.6 Å². The molecule has 1 atom stereocenters. The molecule has 0 spiro atoms. The molecule has 0 aliphatic carbocycles. The number of rotatable bonds is 7. The van der Waals surface area contributed by atoms with Crippen LogP contribution in [0.2, 0.25) is 0 Å². The predicted molar refractivity (Wildman–Crippen MR) is 127 cm³/mol. The molecule has 0 bridgehead atoms. The summed E-state index contributed by atoms with van der Waals surface area (Å²) in [6, 6.07) is 16.8. The van der Waals surface area contributed by atoms with Crippen molar-refractivity contribution in [2.24, 2.45) is 0 Å². The minimum atomic E-state index is -0.220. The van der Waals surface area contributed by atoms with Gasteiger partial charge in [-0.15, -0.1) is 0 Å². The maximum absolute atomic E-state index is 9.46. The molecule has 0 aliphatic heterocycles. The molecule has 0 unspecified atom stereocenters. The van der Waals surface area contributed by atoms with Gasteiger partial charge in [0.05, 0.1) is 23.4 Å². The van der Waals surface area contributed by atoms with Gasteiger partial charge in [0.15, 0.2) is 0 Å². The fraction of sp³-hybridized carbons (Fsp3) is 0.130. The molecular formula is C23H20N8OS. The third-order valence-corrected chi connectivity index (χ3v) is 4.62. The molecule has 9 nitrogen and oxygen atoms in total. The van der Waals surface area contributed by atoms with E-state index in [2.05, 4.69) is 37.5 Å². The van der Waals surface area contributed by atoms with E-state index >= 15 is 0 Å². The number of ether oxygens (including phenoxy) is 1. The normalized spacial score (nSPS) is 10.9. The molecule has 2 aromatic heterocycles. The predicted octanol–water partition coefficient (Wildman–Crippen LogP) is 3.80. The highest BCUT2D eigenvalue weighted by molar-refractivity contribution is 7.59. The van der Waals surface area contributed by atoms with Gasteiger partial charge in [0.2, 0.25) is 5.95 Å². The third-order valence-electron chi connectivity index (χ3n) is 4.62. The van der Waals surface area contributed by atoms with E-state index in [0.29, 0.717) is 35.1 Å². The second kappa shape index (κ2) is 10.8. The van der Waals surface area contributed by atoms with Crippen molar-refractivity contribution < 1.29 is 4.74 Å². The van der Waals surface area contributed by atoms with Crippen LogP contribution >= 0.6 is 13.5 Å². The zero-order valence-corrected chi connectivity index (χ0v) is 18.7. The molecule has 33 heavy (non-hydrogen) atoms. The first-order chi connectivity index (χ1) is 15.7. The van der Waals surface area contributed by atoms with E-state index < -0.39 is 0 Å². The quantitative estimate of drug-likeness (QED) is 0.445. The lowest BCUT2D eigenvalue weighted by Crippen LogP contribution is -2.20. The summed E-state index contributed by atoms with van der Waals surface area (Å²) in [5, 5.41) is 25.8. The molecular weight excluding hydrogens is 436 g/mol. The molecule has 0 saturated carbocycles. The zero-order chi connectivity index (χ0) is 22.3. The molecule has 164 valence electrons. The number of aromatic nitrogens is 5. The second-order valence-electron chi connectivity index (χ2n) is 6.95. The van der Waals surface area contributed by atoms with Gasteiger partial charge in [0, 0.05) is 18.0 Å². The van der Waals surface area contributed by atoms with Crippen LogP contribution in [0.3, 0.4) is 0 Å².